The number of carbonyl (C=O) groups is 2. The van der Waals surface area contributed by atoms with Crippen molar-refractivity contribution >= 4 is 29.2 Å². The van der Waals surface area contributed by atoms with E-state index in [1.165, 1.54) is 35.4 Å². The van der Waals surface area contributed by atoms with Crippen LogP contribution in [0.15, 0.2) is 36.5 Å². The third kappa shape index (κ3) is 4.59. The summed E-state index contributed by atoms with van der Waals surface area (Å²) >= 11 is 5.76. The number of hydrogen-bond acceptors (Lipinski definition) is 4. The standard InChI is InChI=1S/C22H21ClF3N3O3/c1-22(25,26)15-4-2-13(3-5-15)9-28-18(6-14-11-32-12-14)21(31)29(10-19(28)30)20-17(24)7-16(23)8-27-20/h2-5,7-8,14,18H,6,9-12H2,1H3/t18-/m0/s1. The van der Waals surface area contributed by atoms with E-state index >= 15 is 0 Å². The van der Waals surface area contributed by atoms with Crippen molar-refractivity contribution in [2.45, 2.75) is 31.9 Å². The van der Waals surface area contributed by atoms with E-state index in [0.29, 0.717) is 25.2 Å². The van der Waals surface area contributed by atoms with E-state index in [0.717, 1.165) is 17.9 Å². The maximum absolute atomic E-state index is 14.4. The fourth-order valence-electron chi connectivity index (χ4n) is 3.84. The van der Waals surface area contributed by atoms with E-state index in [1.807, 2.05) is 0 Å². The molecule has 1 aromatic heterocycles. The zero-order valence-electron chi connectivity index (χ0n) is 17.2. The van der Waals surface area contributed by atoms with Crippen LogP contribution in [-0.4, -0.2) is 47.5 Å². The number of alkyl halides is 2. The molecule has 170 valence electrons. The summed E-state index contributed by atoms with van der Waals surface area (Å²) in [6.45, 7) is 1.44. The average molecular weight is 468 g/mol. The molecule has 4 rings (SSSR count). The third-order valence-corrected chi connectivity index (χ3v) is 5.87. The van der Waals surface area contributed by atoms with Gasteiger partial charge in [-0.1, -0.05) is 35.9 Å². The van der Waals surface area contributed by atoms with Crippen LogP contribution in [0.1, 0.15) is 24.5 Å². The van der Waals surface area contributed by atoms with Crippen LogP contribution < -0.4 is 4.90 Å². The van der Waals surface area contributed by atoms with Crippen molar-refractivity contribution in [3.05, 3.63) is 58.5 Å². The van der Waals surface area contributed by atoms with Crippen LogP contribution in [0.4, 0.5) is 19.0 Å². The zero-order valence-corrected chi connectivity index (χ0v) is 18.0. The highest BCUT2D eigenvalue weighted by Gasteiger charge is 2.43. The monoisotopic (exact) mass is 467 g/mol. The first-order chi connectivity index (χ1) is 15.1. The molecule has 6 nitrogen and oxygen atoms in total. The number of aromatic nitrogens is 1. The normalized spacial score (nSPS) is 20.0. The second-order valence-electron chi connectivity index (χ2n) is 8.15. The molecular formula is C22H21ClF3N3O3. The highest BCUT2D eigenvalue weighted by atomic mass is 35.5. The van der Waals surface area contributed by atoms with Gasteiger partial charge in [0.2, 0.25) is 5.91 Å². The minimum absolute atomic E-state index is 0.0722. The Bertz CT molecular complexity index is 1030. The summed E-state index contributed by atoms with van der Waals surface area (Å²) in [6.07, 6.45) is 1.56. The number of anilines is 1. The Morgan fingerprint density at radius 1 is 1.22 bits per heavy atom. The fourth-order valence-corrected chi connectivity index (χ4v) is 3.98. The number of carbonyl (C=O) groups excluding carboxylic acids is 2. The molecule has 0 unspecified atom stereocenters. The molecule has 1 aromatic carbocycles. The van der Waals surface area contributed by atoms with Crippen molar-refractivity contribution in [2.24, 2.45) is 5.92 Å². The van der Waals surface area contributed by atoms with Gasteiger partial charge in [-0.25, -0.2) is 18.2 Å². The van der Waals surface area contributed by atoms with E-state index in [-0.39, 0.29) is 35.4 Å². The van der Waals surface area contributed by atoms with Crippen LogP contribution >= 0.6 is 11.6 Å². The van der Waals surface area contributed by atoms with Gasteiger partial charge in [0.05, 0.1) is 18.2 Å². The molecule has 10 heteroatoms. The summed E-state index contributed by atoms with van der Waals surface area (Å²) in [6, 6.07) is 5.82. The highest BCUT2D eigenvalue weighted by molar-refractivity contribution is 6.30. The first-order valence-electron chi connectivity index (χ1n) is 10.1. The Labute approximate surface area is 187 Å². The largest absolute Gasteiger partial charge is 0.381 e. The van der Waals surface area contributed by atoms with E-state index in [2.05, 4.69) is 4.98 Å². The van der Waals surface area contributed by atoms with E-state index in [4.69, 9.17) is 16.3 Å². The van der Waals surface area contributed by atoms with Gasteiger partial charge < -0.3 is 9.64 Å². The van der Waals surface area contributed by atoms with Crippen molar-refractivity contribution in [2.75, 3.05) is 24.7 Å². The Hall–Kier alpha value is -2.65. The van der Waals surface area contributed by atoms with E-state index in [9.17, 15) is 22.8 Å². The molecule has 2 aliphatic heterocycles. The predicted molar refractivity (Wildman–Crippen MR) is 111 cm³/mol. The van der Waals surface area contributed by atoms with Gasteiger partial charge in [0, 0.05) is 31.1 Å². The average Bonchev–Trinajstić information content (AvgIpc) is 2.69. The number of benzene rings is 1. The summed E-state index contributed by atoms with van der Waals surface area (Å²) in [5.41, 5.74) is 0.471. The van der Waals surface area contributed by atoms with Crippen LogP contribution in [-0.2, 0) is 26.8 Å². The highest BCUT2D eigenvalue weighted by Crippen LogP contribution is 2.30. The van der Waals surface area contributed by atoms with E-state index in [1.54, 1.807) is 0 Å². The van der Waals surface area contributed by atoms with Gasteiger partial charge >= 0.3 is 0 Å². The minimum Gasteiger partial charge on any atom is -0.381 e. The number of halogens is 4. The molecule has 0 N–H and O–H groups in total. The van der Waals surface area contributed by atoms with Gasteiger partial charge in [-0.3, -0.25) is 14.5 Å². The molecule has 1 atom stereocenters. The first kappa shape index (κ1) is 22.5. The summed E-state index contributed by atoms with van der Waals surface area (Å²) < 4.78 is 46.6. The Balaban J connectivity index is 1.60. The molecule has 0 aliphatic carbocycles. The van der Waals surface area contributed by atoms with Gasteiger partial charge in [0.1, 0.15) is 12.6 Å². The van der Waals surface area contributed by atoms with Gasteiger partial charge in [-0.05, 0) is 18.1 Å². The lowest BCUT2D eigenvalue weighted by Crippen LogP contribution is -2.61. The number of nitrogens with zero attached hydrogens (tertiary/aromatic N) is 3. The first-order valence-corrected chi connectivity index (χ1v) is 10.5. The van der Waals surface area contributed by atoms with Crippen molar-refractivity contribution in [3.8, 4) is 0 Å². The second-order valence-corrected chi connectivity index (χ2v) is 8.58. The Morgan fingerprint density at radius 3 is 2.47 bits per heavy atom. The minimum atomic E-state index is -2.97. The molecular weight excluding hydrogens is 447 g/mol. The molecule has 0 bridgehead atoms. The van der Waals surface area contributed by atoms with Crippen molar-refractivity contribution in [3.63, 3.8) is 0 Å². The molecule has 3 heterocycles. The van der Waals surface area contributed by atoms with Crippen molar-refractivity contribution in [1.29, 1.82) is 0 Å². The van der Waals surface area contributed by atoms with Crippen LogP contribution in [0.25, 0.3) is 0 Å². The zero-order chi connectivity index (χ0) is 23.0. The van der Waals surface area contributed by atoms with Crippen LogP contribution in [0, 0.1) is 11.7 Å². The van der Waals surface area contributed by atoms with E-state index < -0.39 is 29.6 Å². The summed E-state index contributed by atoms with van der Waals surface area (Å²) in [5.74, 6) is -4.79. The number of amides is 2. The molecule has 2 amide bonds. The van der Waals surface area contributed by atoms with Crippen LogP contribution in [0.5, 0.6) is 0 Å². The summed E-state index contributed by atoms with van der Waals surface area (Å²) in [5, 5.41) is 0.0768. The molecule has 0 radical (unpaired) electrons. The Kier molecular flexibility index (Phi) is 6.13. The molecule has 2 aliphatic rings. The third-order valence-electron chi connectivity index (χ3n) is 5.66. The second kappa shape index (κ2) is 8.71. The molecule has 32 heavy (non-hydrogen) atoms. The van der Waals surface area contributed by atoms with Gasteiger partial charge in [-0.15, -0.1) is 0 Å². The number of rotatable bonds is 6. The maximum Gasteiger partial charge on any atom is 0.270 e. The molecule has 2 fully saturated rings. The molecule has 0 spiro atoms. The Morgan fingerprint density at radius 2 is 1.91 bits per heavy atom. The lowest BCUT2D eigenvalue weighted by Gasteiger charge is -2.42. The fraction of sp³-hybridized carbons (Fsp3) is 0.409. The van der Waals surface area contributed by atoms with Gasteiger partial charge in [0.15, 0.2) is 11.6 Å². The number of hydrogen-bond donors (Lipinski definition) is 0. The SMILES string of the molecule is CC(F)(F)c1ccc(CN2C(=O)CN(c3ncc(Cl)cc3F)C(=O)[C@@H]2CC2COC2)cc1. The molecule has 0 saturated carbocycles. The topological polar surface area (TPSA) is 62.7 Å². The lowest BCUT2D eigenvalue weighted by molar-refractivity contribution is -0.146. The van der Waals surface area contributed by atoms with Crippen molar-refractivity contribution < 1.29 is 27.5 Å². The van der Waals surface area contributed by atoms with Crippen LogP contribution in [0.2, 0.25) is 5.02 Å². The number of piperazine rings is 1. The summed E-state index contributed by atoms with van der Waals surface area (Å²) in [4.78, 5) is 32.7. The molecule has 2 saturated heterocycles. The molecule has 2 aromatic rings. The lowest BCUT2D eigenvalue weighted by atomic mass is 9.94. The maximum atomic E-state index is 14.4. The predicted octanol–water partition coefficient (Wildman–Crippen LogP) is 3.77. The summed E-state index contributed by atoms with van der Waals surface area (Å²) in [7, 11) is 0. The van der Waals surface area contributed by atoms with Gasteiger partial charge in [0.25, 0.3) is 11.8 Å². The smallest absolute Gasteiger partial charge is 0.270 e. The number of pyridine rings is 1. The number of ether oxygens (including phenoxy) is 1. The van der Waals surface area contributed by atoms with Gasteiger partial charge in [-0.2, -0.15) is 0 Å². The van der Waals surface area contributed by atoms with Crippen molar-refractivity contribution in [1.82, 2.24) is 9.88 Å². The van der Waals surface area contributed by atoms with Crippen LogP contribution in [0.3, 0.4) is 0 Å². The quantitative estimate of drug-likeness (QED) is 0.649.